The number of hydrogen-bond acceptors (Lipinski definition) is 8. The van der Waals surface area contributed by atoms with E-state index in [0.29, 0.717) is 30.2 Å². The van der Waals surface area contributed by atoms with Gasteiger partial charge in [-0.3, -0.25) is 10.1 Å². The molecule has 0 radical (unpaired) electrons. The van der Waals surface area contributed by atoms with Gasteiger partial charge in [0.15, 0.2) is 11.9 Å². The van der Waals surface area contributed by atoms with E-state index in [2.05, 4.69) is 5.32 Å². The number of hydrogen-bond donors (Lipinski definition) is 3. The molecular formula is C21H26N2O7. The number of nitrogens with one attached hydrogen (secondary N) is 1. The van der Waals surface area contributed by atoms with Gasteiger partial charge in [-0.15, -0.1) is 0 Å². The van der Waals surface area contributed by atoms with Crippen LogP contribution in [0.5, 0.6) is 11.5 Å². The first-order valence-corrected chi connectivity index (χ1v) is 9.75. The van der Waals surface area contributed by atoms with E-state index in [1.807, 2.05) is 0 Å². The third-order valence-electron chi connectivity index (χ3n) is 5.09. The molecule has 9 heteroatoms. The van der Waals surface area contributed by atoms with Gasteiger partial charge in [0.1, 0.15) is 17.6 Å². The number of non-ortho nitro benzene ring substituents is 1. The highest BCUT2D eigenvalue weighted by Gasteiger charge is 2.53. The maximum Gasteiger partial charge on any atom is 0.270 e. The summed E-state index contributed by atoms with van der Waals surface area (Å²) >= 11 is 0. The van der Waals surface area contributed by atoms with Crippen LogP contribution in [0.4, 0.5) is 11.4 Å². The Morgan fingerprint density at radius 2 is 1.90 bits per heavy atom. The van der Waals surface area contributed by atoms with Crippen molar-refractivity contribution in [3.05, 3.63) is 58.1 Å². The van der Waals surface area contributed by atoms with Crippen LogP contribution in [0, 0.1) is 10.1 Å². The molecule has 0 saturated carbocycles. The van der Waals surface area contributed by atoms with Crippen LogP contribution < -0.4 is 10.1 Å². The minimum atomic E-state index is -1.32. The summed E-state index contributed by atoms with van der Waals surface area (Å²) in [6, 6.07) is 9.89. The lowest BCUT2D eigenvalue weighted by Gasteiger charge is -2.47. The number of para-hydroxylation sites is 2. The molecule has 1 aliphatic rings. The lowest BCUT2D eigenvalue weighted by atomic mass is 9.84. The molecule has 1 heterocycles. The molecule has 3 N–H and O–H groups in total. The van der Waals surface area contributed by atoms with Crippen LogP contribution in [0.1, 0.15) is 32.4 Å². The number of aliphatic hydroxyl groups is 1. The van der Waals surface area contributed by atoms with Gasteiger partial charge in [-0.1, -0.05) is 12.1 Å². The highest BCUT2D eigenvalue weighted by atomic mass is 16.7. The third kappa shape index (κ3) is 4.04. The van der Waals surface area contributed by atoms with Crippen LogP contribution in [-0.4, -0.2) is 46.3 Å². The number of aliphatic hydroxyl groups excluding tert-OH is 1. The Morgan fingerprint density at radius 1 is 1.23 bits per heavy atom. The number of fused-ring (bicyclic) bond motifs is 1. The molecule has 0 unspecified atom stereocenters. The number of anilines is 1. The van der Waals surface area contributed by atoms with Crippen molar-refractivity contribution in [1.29, 1.82) is 0 Å². The van der Waals surface area contributed by atoms with Crippen LogP contribution in [0.25, 0.3) is 0 Å². The fraction of sp³-hybridized carbons (Fsp3) is 0.429. The van der Waals surface area contributed by atoms with Crippen LogP contribution in [-0.2, 0) is 9.47 Å². The molecular weight excluding hydrogens is 392 g/mol. The lowest BCUT2D eigenvalue weighted by molar-refractivity contribution is -0.385. The Labute approximate surface area is 174 Å². The summed E-state index contributed by atoms with van der Waals surface area (Å²) in [6.45, 7) is 5.94. The predicted molar refractivity (Wildman–Crippen MR) is 110 cm³/mol. The van der Waals surface area contributed by atoms with Crippen LogP contribution in [0.2, 0.25) is 0 Å². The van der Waals surface area contributed by atoms with Gasteiger partial charge < -0.3 is 29.7 Å². The van der Waals surface area contributed by atoms with Gasteiger partial charge in [0.25, 0.3) is 5.69 Å². The minimum Gasteiger partial charge on any atom is -0.506 e. The first-order valence-electron chi connectivity index (χ1n) is 9.75. The molecule has 0 aliphatic carbocycles. The number of rotatable bonds is 8. The maximum atomic E-state index is 11.3. The Balaban J connectivity index is 2.10. The van der Waals surface area contributed by atoms with Crippen molar-refractivity contribution < 1.29 is 29.3 Å². The van der Waals surface area contributed by atoms with Crippen molar-refractivity contribution >= 4 is 11.4 Å². The summed E-state index contributed by atoms with van der Waals surface area (Å²) in [7, 11) is 0. The van der Waals surface area contributed by atoms with E-state index < -0.39 is 29.0 Å². The molecule has 0 fully saturated rings. The molecule has 3 atom stereocenters. The molecule has 3 rings (SSSR count). The fourth-order valence-corrected chi connectivity index (χ4v) is 3.57. The second kappa shape index (κ2) is 8.86. The molecule has 0 bridgehead atoms. The number of phenolic OH excluding ortho intramolecular Hbond substituents is 1. The van der Waals surface area contributed by atoms with Crippen molar-refractivity contribution in [2.24, 2.45) is 0 Å². The van der Waals surface area contributed by atoms with E-state index in [0.717, 1.165) is 0 Å². The summed E-state index contributed by atoms with van der Waals surface area (Å²) in [6.07, 6.45) is -2.12. The SMILES string of the molecule is CCOC(OCC)[C@]1(C)Oc2ccc([N+](=O)[O-])cc2[C@@H](Nc2ccccc2O)[C@@H]1O. The highest BCUT2D eigenvalue weighted by Crippen LogP contribution is 2.45. The number of phenols is 1. The summed E-state index contributed by atoms with van der Waals surface area (Å²) in [5.41, 5.74) is -0.697. The molecule has 162 valence electrons. The van der Waals surface area contributed by atoms with Crippen LogP contribution in [0.3, 0.4) is 0 Å². The standard InChI is InChI=1S/C21H26N2O7/c1-4-28-20(29-5-2)21(3)19(25)18(22-15-8-6-7-9-16(15)24)14-12-13(23(26)27)10-11-17(14)30-21/h6-12,18-20,22,24-25H,4-5H2,1-3H3/t18-,19+,21-/m1/s1. The number of ether oxygens (including phenoxy) is 3. The maximum absolute atomic E-state index is 11.3. The number of nitro groups is 1. The number of nitrogens with zero attached hydrogens (tertiary/aromatic N) is 1. The van der Waals surface area contributed by atoms with Gasteiger partial charge in [0.2, 0.25) is 0 Å². The Kier molecular flexibility index (Phi) is 6.45. The van der Waals surface area contributed by atoms with Crippen LogP contribution in [0.15, 0.2) is 42.5 Å². The Morgan fingerprint density at radius 3 is 2.50 bits per heavy atom. The normalized spacial score (nSPS) is 23.0. The van der Waals surface area contributed by atoms with Gasteiger partial charge >= 0.3 is 0 Å². The molecule has 30 heavy (non-hydrogen) atoms. The predicted octanol–water partition coefficient (Wildman–Crippen LogP) is 3.36. The first-order chi connectivity index (χ1) is 14.3. The first kappa shape index (κ1) is 21.8. The van der Waals surface area contributed by atoms with Crippen molar-refractivity contribution in [2.45, 2.75) is 44.8 Å². The number of benzene rings is 2. The summed E-state index contributed by atoms with van der Waals surface area (Å²) in [5.74, 6) is 0.335. The van der Waals surface area contributed by atoms with E-state index in [-0.39, 0.29) is 11.4 Å². The van der Waals surface area contributed by atoms with Gasteiger partial charge in [0, 0.05) is 30.9 Å². The van der Waals surface area contributed by atoms with Crippen molar-refractivity contribution in [3.8, 4) is 11.5 Å². The zero-order valence-electron chi connectivity index (χ0n) is 17.1. The van der Waals surface area contributed by atoms with E-state index in [1.165, 1.54) is 24.3 Å². The number of nitro benzene ring substituents is 1. The van der Waals surface area contributed by atoms with Gasteiger partial charge in [-0.2, -0.15) is 0 Å². The van der Waals surface area contributed by atoms with E-state index in [4.69, 9.17) is 14.2 Å². The van der Waals surface area contributed by atoms with E-state index >= 15 is 0 Å². The van der Waals surface area contributed by atoms with Crippen molar-refractivity contribution in [1.82, 2.24) is 0 Å². The molecule has 0 aromatic heterocycles. The summed E-state index contributed by atoms with van der Waals surface area (Å²) in [5, 5.41) is 35.9. The van der Waals surface area contributed by atoms with Crippen molar-refractivity contribution in [3.63, 3.8) is 0 Å². The van der Waals surface area contributed by atoms with Gasteiger partial charge in [-0.05, 0) is 39.0 Å². The second-order valence-corrected chi connectivity index (χ2v) is 7.09. The number of aromatic hydroxyl groups is 1. The highest BCUT2D eigenvalue weighted by molar-refractivity contribution is 5.59. The van der Waals surface area contributed by atoms with Crippen LogP contribution >= 0.6 is 0 Å². The molecule has 2 aromatic rings. The fourth-order valence-electron chi connectivity index (χ4n) is 3.57. The molecule has 9 nitrogen and oxygen atoms in total. The zero-order valence-corrected chi connectivity index (χ0v) is 17.1. The Bertz CT molecular complexity index is 901. The van der Waals surface area contributed by atoms with Gasteiger partial charge in [0.05, 0.1) is 16.7 Å². The third-order valence-corrected chi connectivity index (χ3v) is 5.09. The topological polar surface area (TPSA) is 123 Å². The molecule has 1 aliphatic heterocycles. The second-order valence-electron chi connectivity index (χ2n) is 7.09. The minimum absolute atomic E-state index is 0.0176. The zero-order chi connectivity index (χ0) is 21.9. The molecule has 0 amide bonds. The summed E-state index contributed by atoms with van der Waals surface area (Å²) in [4.78, 5) is 10.8. The Hall–Kier alpha value is -2.88. The smallest absolute Gasteiger partial charge is 0.270 e. The molecule has 0 saturated heterocycles. The monoisotopic (exact) mass is 418 g/mol. The van der Waals surface area contributed by atoms with E-state index in [9.17, 15) is 20.3 Å². The van der Waals surface area contributed by atoms with E-state index in [1.54, 1.807) is 39.0 Å². The lowest BCUT2D eigenvalue weighted by Crippen LogP contribution is -2.61. The summed E-state index contributed by atoms with van der Waals surface area (Å²) < 4.78 is 17.5. The largest absolute Gasteiger partial charge is 0.506 e. The average Bonchev–Trinajstić information content (AvgIpc) is 2.72. The molecule has 2 aromatic carbocycles. The van der Waals surface area contributed by atoms with Crippen molar-refractivity contribution in [2.75, 3.05) is 18.5 Å². The quantitative estimate of drug-likeness (QED) is 0.258. The van der Waals surface area contributed by atoms with Gasteiger partial charge in [-0.25, -0.2) is 0 Å². The molecule has 0 spiro atoms. The average molecular weight is 418 g/mol.